The van der Waals surface area contributed by atoms with E-state index in [9.17, 15) is 29.1 Å². The highest BCUT2D eigenvalue weighted by molar-refractivity contribution is 5.93. The number of fused-ring (bicyclic) bond motifs is 4. The van der Waals surface area contributed by atoms with Crippen molar-refractivity contribution in [2.75, 3.05) is 39.4 Å². The predicted octanol–water partition coefficient (Wildman–Crippen LogP) is 0.774. The molecular weight excluding hydrogens is 654 g/mol. The van der Waals surface area contributed by atoms with Crippen LogP contribution in [0, 0.1) is 12.8 Å². The number of aryl methyl sites for hydroxylation is 1. The van der Waals surface area contributed by atoms with Crippen LogP contribution in [0.5, 0.6) is 5.75 Å². The van der Waals surface area contributed by atoms with E-state index in [4.69, 9.17) is 4.74 Å². The Labute approximate surface area is 297 Å². The van der Waals surface area contributed by atoms with Crippen molar-refractivity contribution in [2.45, 2.75) is 64.2 Å². The lowest BCUT2D eigenvalue weighted by Gasteiger charge is -2.29. The lowest BCUT2D eigenvalue weighted by molar-refractivity contribution is -0.141. The molecule has 2 bridgehead atoms. The van der Waals surface area contributed by atoms with Gasteiger partial charge in [-0.2, -0.15) is 0 Å². The molecule has 2 aliphatic heterocycles. The third kappa shape index (κ3) is 9.94. The van der Waals surface area contributed by atoms with Gasteiger partial charge >= 0.3 is 0 Å². The molecular formula is C37H47N7O7. The molecule has 4 atom stereocenters. The van der Waals surface area contributed by atoms with E-state index in [1.165, 1.54) is 4.90 Å². The first-order valence-corrected chi connectivity index (χ1v) is 17.3. The van der Waals surface area contributed by atoms with E-state index in [1.807, 2.05) is 57.2 Å². The van der Waals surface area contributed by atoms with Gasteiger partial charge in [0.2, 0.25) is 23.6 Å². The first-order valence-electron chi connectivity index (χ1n) is 17.3. The summed E-state index contributed by atoms with van der Waals surface area (Å²) in [7, 11) is 0. The molecule has 14 heteroatoms. The smallest absolute Gasteiger partial charge is 0.258 e. The molecule has 5 amide bonds. The van der Waals surface area contributed by atoms with Gasteiger partial charge in [-0.15, -0.1) is 0 Å². The van der Waals surface area contributed by atoms with E-state index in [1.54, 1.807) is 40.1 Å². The number of rotatable bonds is 8. The molecule has 0 unspecified atom stereocenters. The van der Waals surface area contributed by atoms with Crippen molar-refractivity contribution in [1.82, 2.24) is 35.3 Å². The number of ether oxygens (including phenoxy) is 1. The number of benzene rings is 2. The average Bonchev–Trinajstić information content (AvgIpc) is 3.73. The summed E-state index contributed by atoms with van der Waals surface area (Å²) in [4.78, 5) is 75.1. The zero-order chi connectivity index (χ0) is 36.5. The first kappa shape index (κ1) is 37.0. The highest BCUT2D eigenvalue weighted by Crippen LogP contribution is 2.30. The van der Waals surface area contributed by atoms with Crippen molar-refractivity contribution >= 4 is 29.5 Å². The molecule has 0 saturated carbocycles. The number of nitrogens with one attached hydrogen (secondary N) is 3. The Kier molecular flexibility index (Phi) is 12.4. The van der Waals surface area contributed by atoms with Crippen LogP contribution >= 0.6 is 0 Å². The Morgan fingerprint density at radius 1 is 0.980 bits per heavy atom. The Morgan fingerprint density at radius 3 is 2.45 bits per heavy atom. The van der Waals surface area contributed by atoms with Crippen LogP contribution < -0.4 is 20.7 Å². The molecule has 0 radical (unpaired) electrons. The van der Waals surface area contributed by atoms with Crippen LogP contribution in [-0.2, 0) is 36.9 Å². The molecule has 51 heavy (non-hydrogen) atoms. The Hall–Kier alpha value is -5.24. The van der Waals surface area contributed by atoms with Gasteiger partial charge in [0.1, 0.15) is 30.2 Å². The molecule has 2 aromatic carbocycles. The van der Waals surface area contributed by atoms with Crippen LogP contribution in [0.4, 0.5) is 0 Å². The van der Waals surface area contributed by atoms with Crippen molar-refractivity contribution in [3.05, 3.63) is 83.9 Å². The van der Waals surface area contributed by atoms with Gasteiger partial charge in [-0.05, 0) is 42.5 Å². The second kappa shape index (κ2) is 17.1. The summed E-state index contributed by atoms with van der Waals surface area (Å²) in [5.41, 5.74) is 1.59. The van der Waals surface area contributed by atoms with Gasteiger partial charge < -0.3 is 40.2 Å². The fraction of sp³-hybridized carbons (Fsp3) is 0.459. The zero-order valence-corrected chi connectivity index (χ0v) is 29.3. The van der Waals surface area contributed by atoms with E-state index in [0.717, 1.165) is 11.1 Å². The van der Waals surface area contributed by atoms with Crippen molar-refractivity contribution in [2.24, 2.45) is 5.92 Å². The monoisotopic (exact) mass is 701 g/mol. The lowest BCUT2D eigenvalue weighted by atomic mass is 9.93. The Morgan fingerprint density at radius 2 is 1.75 bits per heavy atom. The SMILES string of the molecule is Cc1nccn1CC(=O)N1C[C@H]2NC(=O)[C@H](Cc3ccccc3)NC(=O)CN(CCC(C)C)C(=O)[C@H](CO)NC(=O)COc3cccc(c3)[C@@H]2C1. The second-order valence-corrected chi connectivity index (χ2v) is 13.5. The normalized spacial score (nSPS) is 22.0. The fourth-order valence-corrected chi connectivity index (χ4v) is 6.37. The van der Waals surface area contributed by atoms with E-state index in [-0.39, 0.29) is 50.3 Å². The predicted molar refractivity (Wildman–Crippen MR) is 187 cm³/mol. The van der Waals surface area contributed by atoms with Gasteiger partial charge in [-0.1, -0.05) is 56.3 Å². The number of imidazole rings is 1. The van der Waals surface area contributed by atoms with E-state index >= 15 is 0 Å². The molecule has 1 aromatic heterocycles. The molecule has 1 fully saturated rings. The summed E-state index contributed by atoms with van der Waals surface area (Å²) in [6.45, 7) is 5.10. The summed E-state index contributed by atoms with van der Waals surface area (Å²) in [6, 6.07) is 13.5. The molecule has 272 valence electrons. The summed E-state index contributed by atoms with van der Waals surface area (Å²) < 4.78 is 7.57. The standard InChI is InChI=1S/C37H47N7O7/c1-24(2)12-14-43-20-33(46)39-30(16-26-8-5-4-6-9-26)36(49)41-31-19-44(35(48)21-42-15-13-38-25(42)3)18-29(31)27-10-7-11-28(17-27)51-23-34(47)40-32(22-45)37(43)50/h4-11,13,15,17,24,29-32,45H,12,14,16,18-23H2,1-3H3,(H,39,46)(H,40,47)(H,41,49)/t29-,30-,31+,32-/m0/s1. The minimum Gasteiger partial charge on any atom is -0.484 e. The number of nitrogens with zero attached hydrogens (tertiary/aromatic N) is 4. The number of aromatic nitrogens is 2. The van der Waals surface area contributed by atoms with Gasteiger partial charge in [0.25, 0.3) is 5.91 Å². The summed E-state index contributed by atoms with van der Waals surface area (Å²) in [5.74, 6) is -1.45. The van der Waals surface area contributed by atoms with Gasteiger partial charge in [0, 0.05) is 44.4 Å². The van der Waals surface area contributed by atoms with Crippen molar-refractivity contribution in [3.8, 4) is 5.75 Å². The second-order valence-electron chi connectivity index (χ2n) is 13.5. The highest BCUT2D eigenvalue weighted by atomic mass is 16.5. The van der Waals surface area contributed by atoms with E-state index < -0.39 is 55.0 Å². The van der Waals surface area contributed by atoms with Gasteiger partial charge in [-0.25, -0.2) is 4.98 Å². The first-order chi connectivity index (χ1) is 24.5. The van der Waals surface area contributed by atoms with Crippen molar-refractivity contribution in [3.63, 3.8) is 0 Å². The maximum absolute atomic E-state index is 14.2. The van der Waals surface area contributed by atoms with Gasteiger partial charge in [0.05, 0.1) is 19.2 Å². The number of amides is 5. The summed E-state index contributed by atoms with van der Waals surface area (Å²) >= 11 is 0. The van der Waals surface area contributed by atoms with E-state index in [0.29, 0.717) is 24.5 Å². The number of likely N-dealkylation sites (tertiary alicyclic amines) is 1. The molecule has 14 nitrogen and oxygen atoms in total. The Balaban J connectivity index is 1.48. The van der Waals surface area contributed by atoms with E-state index in [2.05, 4.69) is 20.9 Å². The maximum atomic E-state index is 14.2. The molecule has 4 N–H and O–H groups in total. The van der Waals surface area contributed by atoms with Gasteiger partial charge in [0.15, 0.2) is 6.61 Å². The number of hydrogen-bond donors (Lipinski definition) is 4. The number of carbonyl (C=O) groups is 5. The number of carbonyl (C=O) groups excluding carboxylic acids is 5. The minimum absolute atomic E-state index is 0.0883. The topological polar surface area (TPSA) is 175 Å². The van der Waals surface area contributed by atoms with Crippen LogP contribution in [-0.4, -0.2) is 112 Å². The summed E-state index contributed by atoms with van der Waals surface area (Å²) in [6.07, 6.45) is 4.12. The number of aliphatic hydroxyl groups is 1. The van der Waals surface area contributed by atoms with Crippen molar-refractivity contribution in [1.29, 1.82) is 0 Å². The molecule has 0 spiro atoms. The molecule has 0 aliphatic carbocycles. The highest BCUT2D eigenvalue weighted by Gasteiger charge is 2.39. The van der Waals surface area contributed by atoms with Gasteiger partial charge in [-0.3, -0.25) is 24.0 Å². The Bertz CT molecular complexity index is 1690. The molecule has 2 aliphatic rings. The summed E-state index contributed by atoms with van der Waals surface area (Å²) in [5, 5.41) is 18.6. The largest absolute Gasteiger partial charge is 0.484 e. The average molecular weight is 702 g/mol. The molecule has 5 rings (SSSR count). The third-order valence-corrected chi connectivity index (χ3v) is 9.26. The maximum Gasteiger partial charge on any atom is 0.258 e. The quantitative estimate of drug-likeness (QED) is 0.267. The molecule has 3 aromatic rings. The van der Waals surface area contributed by atoms with Crippen LogP contribution in [0.2, 0.25) is 0 Å². The van der Waals surface area contributed by atoms with Crippen molar-refractivity contribution < 1.29 is 33.8 Å². The zero-order valence-electron chi connectivity index (χ0n) is 29.3. The minimum atomic E-state index is -1.30. The number of aliphatic hydroxyl groups excluding tert-OH is 1. The van der Waals surface area contributed by atoms with Crippen LogP contribution in [0.25, 0.3) is 0 Å². The fourth-order valence-electron chi connectivity index (χ4n) is 6.37. The molecule has 1 saturated heterocycles. The number of hydrogen-bond acceptors (Lipinski definition) is 8. The van der Waals surface area contributed by atoms with Crippen LogP contribution in [0.1, 0.15) is 43.1 Å². The third-order valence-electron chi connectivity index (χ3n) is 9.26. The van der Waals surface area contributed by atoms with Crippen LogP contribution in [0.3, 0.4) is 0 Å². The van der Waals surface area contributed by atoms with Crippen LogP contribution in [0.15, 0.2) is 67.0 Å². The molecule has 3 heterocycles. The lowest BCUT2D eigenvalue weighted by Crippen LogP contribution is -2.56.